The van der Waals surface area contributed by atoms with Gasteiger partial charge in [0.25, 0.3) is 0 Å². The summed E-state index contributed by atoms with van der Waals surface area (Å²) in [5.74, 6) is 0.0703. The Kier molecular flexibility index (Phi) is 5.94. The summed E-state index contributed by atoms with van der Waals surface area (Å²) in [6.07, 6.45) is 5.44. The van der Waals surface area contributed by atoms with Crippen molar-refractivity contribution in [3.05, 3.63) is 23.4 Å². The van der Waals surface area contributed by atoms with E-state index in [9.17, 15) is 4.79 Å². The fourth-order valence-electron chi connectivity index (χ4n) is 1.13. The van der Waals surface area contributed by atoms with Gasteiger partial charge in [0.05, 0.1) is 0 Å². The van der Waals surface area contributed by atoms with E-state index in [0.717, 1.165) is 12.1 Å². The molecule has 2 nitrogen and oxygen atoms in total. The normalized spacial score (nSPS) is 12.9. The molecule has 0 aromatic rings. The lowest BCUT2D eigenvalue weighted by molar-refractivity contribution is -0.120. The van der Waals surface area contributed by atoms with Crippen molar-refractivity contribution in [2.24, 2.45) is 0 Å². The zero-order valence-corrected chi connectivity index (χ0v) is 8.98. The van der Waals surface area contributed by atoms with Gasteiger partial charge in [0, 0.05) is 12.1 Å². The van der Waals surface area contributed by atoms with Crippen LogP contribution in [0.2, 0.25) is 0 Å². The molecule has 0 aliphatic rings. The summed E-state index contributed by atoms with van der Waals surface area (Å²) in [7, 11) is 0. The largest absolute Gasteiger partial charge is 0.326 e. The Bertz CT molecular complexity index is 226. The maximum atomic E-state index is 11.1. The predicted molar refractivity (Wildman–Crippen MR) is 56.2 cm³/mol. The fourth-order valence-corrected chi connectivity index (χ4v) is 1.13. The maximum absolute atomic E-state index is 11.1. The fraction of sp³-hybridized carbons (Fsp3) is 0.545. The van der Waals surface area contributed by atoms with E-state index >= 15 is 0 Å². The summed E-state index contributed by atoms with van der Waals surface area (Å²) < 4.78 is 0. The van der Waals surface area contributed by atoms with Crippen LogP contribution in [0, 0.1) is 0 Å². The molecule has 0 radical (unpaired) electrons. The molecule has 1 amide bonds. The van der Waals surface area contributed by atoms with Crippen molar-refractivity contribution in [3.8, 4) is 0 Å². The van der Waals surface area contributed by atoms with Crippen molar-refractivity contribution in [1.29, 1.82) is 0 Å². The maximum Gasteiger partial charge on any atom is 0.224 e. The van der Waals surface area contributed by atoms with Crippen LogP contribution in [0.25, 0.3) is 0 Å². The van der Waals surface area contributed by atoms with Crippen molar-refractivity contribution in [2.45, 2.75) is 40.5 Å². The smallest absolute Gasteiger partial charge is 0.224 e. The third kappa shape index (κ3) is 3.92. The van der Waals surface area contributed by atoms with Gasteiger partial charge in [-0.25, -0.2) is 0 Å². The minimum absolute atomic E-state index is 0.0703. The molecule has 1 N–H and O–H groups in total. The van der Waals surface area contributed by atoms with Crippen molar-refractivity contribution in [1.82, 2.24) is 5.32 Å². The first-order valence-corrected chi connectivity index (χ1v) is 4.81. The third-order valence-electron chi connectivity index (χ3n) is 1.96. The van der Waals surface area contributed by atoms with Gasteiger partial charge in [0.2, 0.25) is 5.91 Å². The van der Waals surface area contributed by atoms with E-state index in [1.165, 1.54) is 5.57 Å². The highest BCUT2D eigenvalue weighted by molar-refractivity contribution is 5.78. The Morgan fingerprint density at radius 3 is 2.08 bits per heavy atom. The number of rotatable bonds is 4. The van der Waals surface area contributed by atoms with E-state index in [-0.39, 0.29) is 5.91 Å². The molecule has 0 aromatic carbocycles. The summed E-state index contributed by atoms with van der Waals surface area (Å²) in [5.41, 5.74) is 2.13. The molecule has 0 aliphatic carbocycles. The van der Waals surface area contributed by atoms with E-state index in [1.807, 2.05) is 32.9 Å². The van der Waals surface area contributed by atoms with Crippen molar-refractivity contribution >= 4 is 5.91 Å². The predicted octanol–water partition coefficient (Wildman–Crippen LogP) is 2.77. The van der Waals surface area contributed by atoms with Crippen LogP contribution >= 0.6 is 0 Å². The van der Waals surface area contributed by atoms with E-state index in [0.29, 0.717) is 6.42 Å². The lowest BCUT2D eigenvalue weighted by Gasteiger charge is -2.10. The minimum Gasteiger partial charge on any atom is -0.326 e. The summed E-state index contributed by atoms with van der Waals surface area (Å²) in [5, 5.41) is 2.87. The van der Waals surface area contributed by atoms with Gasteiger partial charge >= 0.3 is 0 Å². The SMILES string of the molecule is C/C=C(CC)\C(=C/C)NC(=O)CC. The Morgan fingerprint density at radius 1 is 1.15 bits per heavy atom. The number of hydrogen-bond donors (Lipinski definition) is 1. The highest BCUT2D eigenvalue weighted by Crippen LogP contribution is 2.10. The van der Waals surface area contributed by atoms with Gasteiger partial charge in [-0.2, -0.15) is 0 Å². The number of carbonyl (C=O) groups is 1. The van der Waals surface area contributed by atoms with Crippen LogP contribution in [0.5, 0.6) is 0 Å². The van der Waals surface area contributed by atoms with Crippen molar-refractivity contribution in [3.63, 3.8) is 0 Å². The lowest BCUT2D eigenvalue weighted by atomic mass is 10.1. The number of allylic oxidation sites excluding steroid dienone is 3. The van der Waals surface area contributed by atoms with Gasteiger partial charge < -0.3 is 5.32 Å². The Morgan fingerprint density at radius 2 is 1.77 bits per heavy atom. The van der Waals surface area contributed by atoms with Crippen LogP contribution in [0.15, 0.2) is 23.4 Å². The number of amides is 1. The van der Waals surface area contributed by atoms with Crippen molar-refractivity contribution < 1.29 is 4.79 Å². The molecule has 0 saturated heterocycles. The molecule has 13 heavy (non-hydrogen) atoms. The van der Waals surface area contributed by atoms with Crippen molar-refractivity contribution in [2.75, 3.05) is 0 Å². The van der Waals surface area contributed by atoms with E-state index < -0.39 is 0 Å². The van der Waals surface area contributed by atoms with Gasteiger partial charge in [0.1, 0.15) is 0 Å². The monoisotopic (exact) mass is 181 g/mol. The number of carbonyl (C=O) groups excluding carboxylic acids is 1. The second kappa shape index (κ2) is 6.46. The van der Waals surface area contributed by atoms with Gasteiger partial charge in [-0.15, -0.1) is 0 Å². The third-order valence-corrected chi connectivity index (χ3v) is 1.96. The van der Waals surface area contributed by atoms with Gasteiger partial charge in [-0.1, -0.05) is 26.0 Å². The summed E-state index contributed by atoms with van der Waals surface area (Å²) in [4.78, 5) is 11.1. The number of hydrogen-bond acceptors (Lipinski definition) is 1. The van der Waals surface area contributed by atoms with E-state index in [2.05, 4.69) is 12.2 Å². The van der Waals surface area contributed by atoms with Crippen LogP contribution in [-0.2, 0) is 4.79 Å². The Labute approximate surface area is 80.7 Å². The quantitative estimate of drug-likeness (QED) is 0.664. The molecular formula is C11H19NO. The van der Waals surface area contributed by atoms with Crippen LogP contribution in [0.3, 0.4) is 0 Å². The van der Waals surface area contributed by atoms with Crippen LogP contribution in [0.4, 0.5) is 0 Å². The molecule has 0 saturated carbocycles. The number of nitrogens with one attached hydrogen (secondary N) is 1. The lowest BCUT2D eigenvalue weighted by Crippen LogP contribution is -2.22. The topological polar surface area (TPSA) is 29.1 Å². The standard InChI is InChI=1S/C11H19NO/c1-5-9(6-2)10(7-3)12-11(13)8-4/h5,7H,6,8H2,1-4H3,(H,12,13)/b9-5-,10-7+. The Balaban J connectivity index is 4.45. The highest BCUT2D eigenvalue weighted by atomic mass is 16.1. The van der Waals surface area contributed by atoms with Crippen LogP contribution < -0.4 is 5.32 Å². The van der Waals surface area contributed by atoms with Gasteiger partial charge in [0.15, 0.2) is 0 Å². The minimum atomic E-state index is 0.0703. The molecule has 0 atom stereocenters. The average molecular weight is 181 g/mol. The first kappa shape index (κ1) is 11.9. The second-order valence-corrected chi connectivity index (χ2v) is 2.77. The van der Waals surface area contributed by atoms with Crippen LogP contribution in [0.1, 0.15) is 40.5 Å². The zero-order chi connectivity index (χ0) is 10.3. The molecule has 0 spiro atoms. The van der Waals surface area contributed by atoms with Crippen LogP contribution in [-0.4, -0.2) is 5.91 Å². The molecular weight excluding hydrogens is 162 g/mol. The molecule has 0 unspecified atom stereocenters. The Hall–Kier alpha value is -1.05. The molecule has 0 fully saturated rings. The van der Waals surface area contributed by atoms with E-state index in [1.54, 1.807) is 0 Å². The zero-order valence-electron chi connectivity index (χ0n) is 8.98. The molecule has 2 heteroatoms. The highest BCUT2D eigenvalue weighted by Gasteiger charge is 2.03. The molecule has 74 valence electrons. The molecule has 0 bridgehead atoms. The first-order chi connectivity index (χ1) is 6.19. The second-order valence-electron chi connectivity index (χ2n) is 2.77. The van der Waals surface area contributed by atoms with Gasteiger partial charge in [-0.3, -0.25) is 4.79 Å². The average Bonchev–Trinajstić information content (AvgIpc) is 2.17. The molecule has 0 rings (SSSR count). The van der Waals surface area contributed by atoms with E-state index in [4.69, 9.17) is 0 Å². The molecule has 0 heterocycles. The molecule has 0 aliphatic heterocycles. The summed E-state index contributed by atoms with van der Waals surface area (Å²) >= 11 is 0. The summed E-state index contributed by atoms with van der Waals surface area (Å²) in [6.45, 7) is 7.85. The summed E-state index contributed by atoms with van der Waals surface area (Å²) in [6, 6.07) is 0. The first-order valence-electron chi connectivity index (χ1n) is 4.81. The van der Waals surface area contributed by atoms with Gasteiger partial charge in [-0.05, 0) is 25.8 Å². The molecule has 0 aromatic heterocycles.